The van der Waals surface area contributed by atoms with Crippen molar-refractivity contribution in [1.29, 1.82) is 0 Å². The van der Waals surface area contributed by atoms with Crippen molar-refractivity contribution in [2.75, 3.05) is 13.1 Å². The minimum absolute atomic E-state index is 0.0750. The van der Waals surface area contributed by atoms with E-state index in [9.17, 15) is 9.59 Å². The summed E-state index contributed by atoms with van der Waals surface area (Å²) in [5.74, 6) is 0.613. The molecule has 1 N–H and O–H groups in total. The summed E-state index contributed by atoms with van der Waals surface area (Å²) < 4.78 is 6.82. The normalized spacial score (nSPS) is 13.6. The molecule has 0 saturated carbocycles. The molecule has 1 aliphatic heterocycles. The van der Waals surface area contributed by atoms with E-state index in [1.807, 2.05) is 53.4 Å². The monoisotopic (exact) mass is 431 g/mol. The van der Waals surface area contributed by atoms with E-state index in [1.165, 1.54) is 11.3 Å². The summed E-state index contributed by atoms with van der Waals surface area (Å²) in [5, 5.41) is 3.61. The van der Waals surface area contributed by atoms with Gasteiger partial charge in [-0.1, -0.05) is 24.3 Å². The Morgan fingerprint density at radius 3 is 2.55 bits per heavy atom. The van der Waals surface area contributed by atoms with Gasteiger partial charge in [0.05, 0.1) is 10.2 Å². The number of likely N-dealkylation sites (tertiary alicyclic amines) is 1. The first-order valence-corrected chi connectivity index (χ1v) is 11.1. The van der Waals surface area contributed by atoms with Crippen LogP contribution in [0.15, 0.2) is 65.1 Å². The van der Waals surface area contributed by atoms with Crippen LogP contribution in [0.2, 0.25) is 0 Å². The lowest BCUT2D eigenvalue weighted by Gasteiger charge is -2.15. The van der Waals surface area contributed by atoms with E-state index in [2.05, 4.69) is 10.3 Å². The number of carbonyl (C=O) groups excluding carboxylic acids is 2. The van der Waals surface area contributed by atoms with Crippen molar-refractivity contribution in [2.24, 2.45) is 0 Å². The van der Waals surface area contributed by atoms with Gasteiger partial charge in [0, 0.05) is 25.2 Å². The van der Waals surface area contributed by atoms with Gasteiger partial charge < -0.3 is 14.6 Å². The highest BCUT2D eigenvalue weighted by atomic mass is 32.1. The number of amides is 2. The number of carbonyl (C=O) groups is 2. The Labute approximate surface area is 183 Å². The molecule has 0 aliphatic carbocycles. The maximum Gasteiger partial charge on any atom is 0.287 e. The lowest BCUT2D eigenvalue weighted by molar-refractivity contribution is 0.0792. The number of aromatic nitrogens is 1. The molecule has 0 radical (unpaired) electrons. The SMILES string of the molecule is O=C(NCc1ccc(C(=O)N2CCCC2)cc1)c1ccc(-c2nc3ccccc3s2)o1. The predicted molar refractivity (Wildman–Crippen MR) is 120 cm³/mol. The number of furan rings is 1. The van der Waals surface area contributed by atoms with Crippen LogP contribution in [0, 0.1) is 0 Å². The van der Waals surface area contributed by atoms with Gasteiger partial charge in [0.2, 0.25) is 0 Å². The van der Waals surface area contributed by atoms with Crippen LogP contribution >= 0.6 is 11.3 Å². The number of benzene rings is 2. The molecule has 4 aromatic rings. The van der Waals surface area contributed by atoms with Crippen molar-refractivity contribution in [3.05, 3.63) is 77.6 Å². The summed E-state index contributed by atoms with van der Waals surface area (Å²) in [6, 6.07) is 18.7. The zero-order valence-corrected chi connectivity index (χ0v) is 17.7. The molecule has 3 heterocycles. The second-order valence-corrected chi connectivity index (χ2v) is 8.56. The number of fused-ring (bicyclic) bond motifs is 1. The molecule has 0 unspecified atom stereocenters. The Kier molecular flexibility index (Phi) is 5.26. The van der Waals surface area contributed by atoms with Crippen molar-refractivity contribution < 1.29 is 14.0 Å². The summed E-state index contributed by atoms with van der Waals surface area (Å²) in [6.07, 6.45) is 2.15. The van der Waals surface area contributed by atoms with Crippen molar-refractivity contribution in [1.82, 2.24) is 15.2 Å². The van der Waals surface area contributed by atoms with Crippen LogP contribution in [0.1, 0.15) is 39.3 Å². The van der Waals surface area contributed by atoms with Gasteiger partial charge in [0.25, 0.3) is 11.8 Å². The number of thiazole rings is 1. The molecule has 1 saturated heterocycles. The third-order valence-corrected chi connectivity index (χ3v) is 6.43. The van der Waals surface area contributed by atoms with Crippen LogP contribution in [0.5, 0.6) is 0 Å². The fourth-order valence-corrected chi connectivity index (χ4v) is 4.62. The van der Waals surface area contributed by atoms with E-state index >= 15 is 0 Å². The Bertz CT molecular complexity index is 1200. The van der Waals surface area contributed by atoms with Crippen LogP contribution in [0.4, 0.5) is 0 Å². The van der Waals surface area contributed by atoms with Gasteiger partial charge >= 0.3 is 0 Å². The third-order valence-electron chi connectivity index (χ3n) is 5.38. The average molecular weight is 432 g/mol. The highest BCUT2D eigenvalue weighted by Gasteiger charge is 2.19. The number of nitrogens with zero attached hydrogens (tertiary/aromatic N) is 2. The topological polar surface area (TPSA) is 75.4 Å². The predicted octanol–water partition coefficient (Wildman–Crippen LogP) is 4.72. The molecule has 0 bridgehead atoms. The number of hydrogen-bond donors (Lipinski definition) is 1. The molecule has 6 nitrogen and oxygen atoms in total. The van der Waals surface area contributed by atoms with Gasteiger partial charge in [-0.15, -0.1) is 11.3 Å². The first kappa shape index (κ1) is 19.5. The Morgan fingerprint density at radius 2 is 1.77 bits per heavy atom. The van der Waals surface area contributed by atoms with E-state index in [0.29, 0.717) is 17.9 Å². The maximum absolute atomic E-state index is 12.5. The largest absolute Gasteiger partial charge is 0.448 e. The number of hydrogen-bond acceptors (Lipinski definition) is 5. The lowest BCUT2D eigenvalue weighted by atomic mass is 10.1. The minimum Gasteiger partial charge on any atom is -0.448 e. The van der Waals surface area contributed by atoms with E-state index in [1.54, 1.807) is 12.1 Å². The molecule has 31 heavy (non-hydrogen) atoms. The van der Waals surface area contributed by atoms with Gasteiger partial charge in [-0.05, 0) is 54.8 Å². The van der Waals surface area contributed by atoms with Crippen LogP contribution in [-0.4, -0.2) is 34.8 Å². The number of nitrogens with one attached hydrogen (secondary N) is 1. The van der Waals surface area contributed by atoms with Gasteiger partial charge in [-0.2, -0.15) is 0 Å². The van der Waals surface area contributed by atoms with Gasteiger partial charge in [0.15, 0.2) is 16.5 Å². The molecule has 2 amide bonds. The van der Waals surface area contributed by atoms with E-state index in [4.69, 9.17) is 4.42 Å². The second-order valence-electron chi connectivity index (χ2n) is 7.53. The molecule has 0 atom stereocenters. The Balaban J connectivity index is 1.21. The summed E-state index contributed by atoms with van der Waals surface area (Å²) in [6.45, 7) is 2.02. The van der Waals surface area contributed by atoms with Crippen molar-refractivity contribution >= 4 is 33.4 Å². The fourth-order valence-electron chi connectivity index (χ4n) is 3.69. The van der Waals surface area contributed by atoms with Gasteiger partial charge in [-0.3, -0.25) is 9.59 Å². The highest BCUT2D eigenvalue weighted by molar-refractivity contribution is 7.21. The Morgan fingerprint density at radius 1 is 1.00 bits per heavy atom. The third kappa shape index (κ3) is 4.09. The van der Waals surface area contributed by atoms with Crippen LogP contribution < -0.4 is 5.32 Å². The quantitative estimate of drug-likeness (QED) is 0.496. The zero-order chi connectivity index (χ0) is 21.2. The highest BCUT2D eigenvalue weighted by Crippen LogP contribution is 2.31. The van der Waals surface area contributed by atoms with E-state index < -0.39 is 0 Å². The second kappa shape index (κ2) is 8.35. The van der Waals surface area contributed by atoms with Crippen LogP contribution in [0.25, 0.3) is 21.0 Å². The molecule has 1 aliphatic rings. The van der Waals surface area contributed by atoms with Gasteiger partial charge in [0.1, 0.15) is 0 Å². The fraction of sp³-hybridized carbons (Fsp3) is 0.208. The number of rotatable bonds is 5. The molecule has 0 spiro atoms. The van der Waals surface area contributed by atoms with E-state index in [-0.39, 0.29) is 17.6 Å². The summed E-state index contributed by atoms with van der Waals surface area (Å²) in [7, 11) is 0. The smallest absolute Gasteiger partial charge is 0.287 e. The molecular weight excluding hydrogens is 410 g/mol. The summed E-state index contributed by atoms with van der Waals surface area (Å²) in [5.41, 5.74) is 2.52. The molecule has 7 heteroatoms. The lowest BCUT2D eigenvalue weighted by Crippen LogP contribution is -2.27. The molecule has 156 valence electrons. The summed E-state index contributed by atoms with van der Waals surface area (Å²) >= 11 is 1.53. The van der Waals surface area contributed by atoms with E-state index in [0.717, 1.165) is 46.7 Å². The van der Waals surface area contributed by atoms with Crippen molar-refractivity contribution in [2.45, 2.75) is 19.4 Å². The van der Waals surface area contributed by atoms with Gasteiger partial charge in [-0.25, -0.2) is 4.98 Å². The molecule has 2 aromatic carbocycles. The first-order chi connectivity index (χ1) is 15.2. The van der Waals surface area contributed by atoms with Crippen LogP contribution in [-0.2, 0) is 6.54 Å². The standard InChI is InChI=1S/C24H21N3O3S/c28-22(19-11-12-20(30-19)23-26-18-5-1-2-6-21(18)31-23)25-15-16-7-9-17(10-8-16)24(29)27-13-3-4-14-27/h1-2,5-12H,3-4,13-15H2,(H,25,28). The van der Waals surface area contributed by atoms with Crippen molar-refractivity contribution in [3.63, 3.8) is 0 Å². The summed E-state index contributed by atoms with van der Waals surface area (Å²) in [4.78, 5) is 31.4. The minimum atomic E-state index is -0.287. The molecule has 1 fully saturated rings. The average Bonchev–Trinajstić information content (AvgIpc) is 3.57. The van der Waals surface area contributed by atoms with Crippen molar-refractivity contribution in [3.8, 4) is 10.8 Å². The molecule has 5 rings (SSSR count). The molecule has 2 aromatic heterocycles. The Hall–Kier alpha value is -3.45. The number of para-hydroxylation sites is 1. The zero-order valence-electron chi connectivity index (χ0n) is 16.8. The molecular formula is C24H21N3O3S. The maximum atomic E-state index is 12.5. The first-order valence-electron chi connectivity index (χ1n) is 10.3. The van der Waals surface area contributed by atoms with Crippen LogP contribution in [0.3, 0.4) is 0 Å².